The minimum absolute atomic E-state index is 0.0263. The van der Waals surface area contributed by atoms with Crippen LogP contribution in [-0.2, 0) is 9.53 Å². The highest BCUT2D eigenvalue weighted by Crippen LogP contribution is 2.35. The van der Waals surface area contributed by atoms with Crippen molar-refractivity contribution in [3.63, 3.8) is 0 Å². The Kier molecular flexibility index (Phi) is 6.07. The van der Waals surface area contributed by atoms with E-state index in [-0.39, 0.29) is 17.5 Å². The number of nitrogens with zero attached hydrogens (tertiary/aromatic N) is 1. The second-order valence-corrected chi connectivity index (χ2v) is 7.58. The Balaban J connectivity index is 2.07. The second-order valence-electron chi connectivity index (χ2n) is 6.77. The van der Waals surface area contributed by atoms with Gasteiger partial charge in [-0.1, -0.05) is 19.4 Å². The third-order valence-corrected chi connectivity index (χ3v) is 5.46. The van der Waals surface area contributed by atoms with Gasteiger partial charge in [-0.2, -0.15) is 0 Å². The monoisotopic (exact) mass is 385 g/mol. The van der Waals surface area contributed by atoms with E-state index in [1.54, 1.807) is 18.3 Å². The molecule has 1 aliphatic heterocycles. The van der Waals surface area contributed by atoms with E-state index in [2.05, 4.69) is 35.7 Å². The lowest BCUT2D eigenvalue weighted by Gasteiger charge is -2.19. The average Bonchev–Trinajstić information content (AvgIpc) is 2.67. The van der Waals surface area contributed by atoms with Crippen molar-refractivity contribution in [2.75, 3.05) is 17.7 Å². The zero-order valence-corrected chi connectivity index (χ0v) is 16.6. The summed E-state index contributed by atoms with van der Waals surface area (Å²) in [4.78, 5) is 28.7. The number of carbonyl (C=O) groups is 2. The fourth-order valence-corrected chi connectivity index (χ4v) is 3.56. The Morgan fingerprint density at radius 2 is 2.11 bits per heavy atom. The minimum atomic E-state index is -0.556. The summed E-state index contributed by atoms with van der Waals surface area (Å²) in [5.41, 5.74) is 4.33. The van der Waals surface area contributed by atoms with Gasteiger partial charge in [0.15, 0.2) is 0 Å². The van der Waals surface area contributed by atoms with E-state index in [9.17, 15) is 9.59 Å². The molecule has 2 heterocycles. The van der Waals surface area contributed by atoms with Crippen LogP contribution in [0.2, 0.25) is 0 Å². The van der Waals surface area contributed by atoms with Crippen LogP contribution in [0.25, 0.3) is 11.1 Å². The van der Waals surface area contributed by atoms with Crippen LogP contribution in [0, 0.1) is 5.92 Å². The van der Waals surface area contributed by atoms with E-state index >= 15 is 0 Å². The summed E-state index contributed by atoms with van der Waals surface area (Å²) in [5.74, 6) is -0.125. The van der Waals surface area contributed by atoms with Gasteiger partial charge < -0.3 is 10.1 Å². The van der Waals surface area contributed by atoms with Crippen molar-refractivity contribution < 1.29 is 14.3 Å². The van der Waals surface area contributed by atoms with Gasteiger partial charge in [0.1, 0.15) is 0 Å². The van der Waals surface area contributed by atoms with Gasteiger partial charge in [0.25, 0.3) is 0 Å². The molecule has 1 aromatic heterocycles. The number of ether oxygens (including phenoxy) is 1. The molecule has 2 amide bonds. The smallest absolute Gasteiger partial charge is 0.411 e. The molecule has 2 bridgehead atoms. The first-order chi connectivity index (χ1) is 13.0. The first-order valence-electron chi connectivity index (χ1n) is 8.99. The molecular weight excluding hydrogens is 361 g/mol. The SMILES string of the molecule is COC(=O)Nc1ccc2c(c1)NC(=O)C(C)CCCC(P)c1cc-2ccn1. The summed E-state index contributed by atoms with van der Waals surface area (Å²) < 4.78 is 4.65. The van der Waals surface area contributed by atoms with Gasteiger partial charge >= 0.3 is 6.09 Å². The molecule has 3 atom stereocenters. The molecule has 142 valence electrons. The van der Waals surface area contributed by atoms with Crippen molar-refractivity contribution in [1.29, 1.82) is 0 Å². The maximum Gasteiger partial charge on any atom is 0.411 e. The Morgan fingerprint density at radius 3 is 2.89 bits per heavy atom. The molecule has 27 heavy (non-hydrogen) atoms. The van der Waals surface area contributed by atoms with Gasteiger partial charge in [-0.3, -0.25) is 15.1 Å². The predicted octanol–water partition coefficient (Wildman–Crippen LogP) is 4.60. The highest BCUT2D eigenvalue weighted by Gasteiger charge is 2.19. The number of hydrogen-bond acceptors (Lipinski definition) is 4. The number of fused-ring (bicyclic) bond motifs is 4. The number of methoxy groups -OCH3 is 1. The van der Waals surface area contributed by atoms with Crippen molar-refractivity contribution in [3.05, 3.63) is 42.2 Å². The quantitative estimate of drug-likeness (QED) is 0.703. The number of amides is 2. The number of carbonyl (C=O) groups excluding carboxylic acids is 2. The molecule has 0 fully saturated rings. The van der Waals surface area contributed by atoms with Gasteiger partial charge in [-0.15, -0.1) is 9.24 Å². The third-order valence-electron chi connectivity index (χ3n) is 4.78. The molecule has 2 N–H and O–H groups in total. The van der Waals surface area contributed by atoms with Crippen molar-refractivity contribution in [2.45, 2.75) is 31.8 Å². The van der Waals surface area contributed by atoms with E-state index < -0.39 is 6.09 Å². The maximum absolute atomic E-state index is 12.6. The van der Waals surface area contributed by atoms with Gasteiger partial charge in [0, 0.05) is 34.7 Å². The van der Waals surface area contributed by atoms with Crippen LogP contribution in [0.4, 0.5) is 16.2 Å². The van der Waals surface area contributed by atoms with Crippen LogP contribution in [-0.4, -0.2) is 24.1 Å². The van der Waals surface area contributed by atoms with Crippen LogP contribution >= 0.6 is 9.24 Å². The van der Waals surface area contributed by atoms with E-state index in [1.165, 1.54) is 7.11 Å². The molecule has 3 unspecified atom stereocenters. The number of anilines is 2. The zero-order valence-electron chi connectivity index (χ0n) is 15.5. The van der Waals surface area contributed by atoms with Crippen LogP contribution in [0.5, 0.6) is 0 Å². The summed E-state index contributed by atoms with van der Waals surface area (Å²) in [6.07, 6.45) is 3.97. The van der Waals surface area contributed by atoms with Crippen LogP contribution in [0.1, 0.15) is 37.5 Å². The largest absolute Gasteiger partial charge is 0.453 e. The van der Waals surface area contributed by atoms with E-state index in [0.717, 1.165) is 36.1 Å². The number of nitrogens with one attached hydrogen (secondary N) is 2. The number of pyridine rings is 1. The molecule has 1 aromatic carbocycles. The Labute approximate surface area is 161 Å². The van der Waals surface area contributed by atoms with Crippen LogP contribution in [0.3, 0.4) is 0 Å². The molecular formula is C20H24N3O3P. The van der Waals surface area contributed by atoms with Crippen molar-refractivity contribution in [1.82, 2.24) is 4.98 Å². The normalized spacial score (nSPS) is 19.7. The number of hydrogen-bond donors (Lipinski definition) is 2. The van der Waals surface area contributed by atoms with Crippen molar-refractivity contribution >= 4 is 32.6 Å². The van der Waals surface area contributed by atoms with Gasteiger partial charge in [0.05, 0.1) is 12.8 Å². The molecule has 0 aliphatic carbocycles. The molecule has 0 saturated heterocycles. The summed E-state index contributed by atoms with van der Waals surface area (Å²) >= 11 is 0. The van der Waals surface area contributed by atoms with Gasteiger partial charge in [0.2, 0.25) is 5.91 Å². The lowest BCUT2D eigenvalue weighted by molar-refractivity contribution is -0.119. The molecule has 0 saturated carbocycles. The van der Waals surface area contributed by atoms with Gasteiger partial charge in [-0.25, -0.2) is 4.79 Å². The van der Waals surface area contributed by atoms with E-state index in [0.29, 0.717) is 11.4 Å². The fraction of sp³-hybridized carbons (Fsp3) is 0.350. The highest BCUT2D eigenvalue weighted by molar-refractivity contribution is 7.17. The fourth-order valence-electron chi connectivity index (χ4n) is 3.14. The second kappa shape index (κ2) is 8.49. The Hall–Kier alpha value is -2.46. The maximum atomic E-state index is 12.6. The molecule has 0 spiro atoms. The summed E-state index contributed by atoms with van der Waals surface area (Å²) in [5, 5.41) is 5.66. The number of aromatic nitrogens is 1. The molecule has 2 aromatic rings. The lowest BCUT2D eigenvalue weighted by atomic mass is 9.97. The molecule has 0 radical (unpaired) electrons. The first-order valence-corrected chi connectivity index (χ1v) is 9.66. The molecule has 1 aliphatic rings. The summed E-state index contributed by atoms with van der Waals surface area (Å²) in [6, 6.07) is 9.40. The van der Waals surface area contributed by atoms with Gasteiger partial charge in [-0.05, 0) is 42.7 Å². The van der Waals surface area contributed by atoms with Crippen molar-refractivity contribution in [3.8, 4) is 11.1 Å². The lowest BCUT2D eigenvalue weighted by Crippen LogP contribution is -2.21. The van der Waals surface area contributed by atoms with Crippen molar-refractivity contribution in [2.24, 2.45) is 5.92 Å². The molecule has 6 nitrogen and oxygen atoms in total. The third kappa shape index (κ3) is 4.64. The predicted molar refractivity (Wildman–Crippen MR) is 110 cm³/mol. The average molecular weight is 385 g/mol. The standard InChI is InChI=1S/C20H24N3O3P/c1-12-4-3-5-18(27)17-10-13(8-9-21-17)15-7-6-14(22-20(25)26-2)11-16(15)23-19(12)24/h6-12,18H,3-5,27H2,1-2H3,(H,22,25)(H,23,24). The molecule has 3 rings (SSSR count). The highest BCUT2D eigenvalue weighted by atomic mass is 31.0. The summed E-state index contributed by atoms with van der Waals surface area (Å²) in [7, 11) is 4.17. The summed E-state index contributed by atoms with van der Waals surface area (Å²) in [6.45, 7) is 1.94. The molecule has 7 heteroatoms. The topological polar surface area (TPSA) is 80.3 Å². The van der Waals surface area contributed by atoms with Crippen LogP contribution in [0.15, 0.2) is 36.5 Å². The zero-order chi connectivity index (χ0) is 19.4. The first kappa shape index (κ1) is 19.3. The van der Waals surface area contributed by atoms with E-state index in [1.807, 2.05) is 19.1 Å². The number of benzene rings is 1. The minimum Gasteiger partial charge on any atom is -0.453 e. The van der Waals surface area contributed by atoms with E-state index in [4.69, 9.17) is 0 Å². The van der Waals surface area contributed by atoms with Crippen LogP contribution < -0.4 is 10.6 Å². The Bertz CT molecular complexity index is 856. The number of rotatable bonds is 1. The Morgan fingerprint density at radius 1 is 1.30 bits per heavy atom.